The molecule has 20 heavy (non-hydrogen) atoms. The molecule has 1 rings (SSSR count). The molecule has 0 aliphatic heterocycles. The van der Waals surface area contributed by atoms with Crippen LogP contribution in [0, 0.1) is 0 Å². The molecule has 0 aliphatic carbocycles. The predicted molar refractivity (Wildman–Crippen MR) is 70.6 cm³/mol. The maximum Gasteiger partial charge on any atom is 0.391 e. The van der Waals surface area contributed by atoms with E-state index in [0.29, 0.717) is 17.7 Å². The molecule has 0 spiro atoms. The molecule has 6 heteroatoms. The number of para-hydroxylation sites is 1. The second-order valence-corrected chi connectivity index (χ2v) is 4.47. The van der Waals surface area contributed by atoms with Crippen LogP contribution in [0.15, 0.2) is 24.3 Å². The summed E-state index contributed by atoms with van der Waals surface area (Å²) in [6.45, 7) is 1.44. The van der Waals surface area contributed by atoms with E-state index in [0.717, 1.165) is 0 Å². The van der Waals surface area contributed by atoms with Gasteiger partial charge in [0.1, 0.15) is 11.9 Å². The summed E-state index contributed by atoms with van der Waals surface area (Å²) in [6, 6.07) is 6.66. The average molecular weight is 291 g/mol. The summed E-state index contributed by atoms with van der Waals surface area (Å²) >= 11 is 0. The fourth-order valence-electron chi connectivity index (χ4n) is 1.86. The first kappa shape index (κ1) is 16.8. The van der Waals surface area contributed by atoms with Crippen molar-refractivity contribution in [3.63, 3.8) is 0 Å². The van der Waals surface area contributed by atoms with Gasteiger partial charge in [-0.2, -0.15) is 13.2 Å². The number of ether oxygens (including phenoxy) is 2. The zero-order valence-electron chi connectivity index (χ0n) is 11.6. The standard InChI is InChI=1S/C14H20F3NO2/c1-3-11(18)13(20-9-8-14(15,16)17)10-6-4-5-7-12(10)19-2/h4-7,11,13H,3,8-9,18H2,1-2H3. The van der Waals surface area contributed by atoms with Crippen LogP contribution >= 0.6 is 0 Å². The van der Waals surface area contributed by atoms with Crippen molar-refractivity contribution in [2.45, 2.75) is 38.1 Å². The van der Waals surface area contributed by atoms with Gasteiger partial charge in [-0.3, -0.25) is 0 Å². The summed E-state index contributed by atoms with van der Waals surface area (Å²) in [6.07, 6.45) is -5.25. The van der Waals surface area contributed by atoms with Crippen LogP contribution in [0.25, 0.3) is 0 Å². The first-order chi connectivity index (χ1) is 9.39. The van der Waals surface area contributed by atoms with Crippen LogP contribution in [0.3, 0.4) is 0 Å². The lowest BCUT2D eigenvalue weighted by atomic mass is 10.00. The van der Waals surface area contributed by atoms with Crippen molar-refractivity contribution in [2.24, 2.45) is 5.73 Å². The van der Waals surface area contributed by atoms with Crippen LogP contribution in [0.2, 0.25) is 0 Å². The molecule has 3 nitrogen and oxygen atoms in total. The number of alkyl halides is 3. The minimum atomic E-state index is -4.23. The number of methoxy groups -OCH3 is 1. The van der Waals surface area contributed by atoms with E-state index >= 15 is 0 Å². The zero-order valence-corrected chi connectivity index (χ0v) is 11.6. The lowest BCUT2D eigenvalue weighted by Crippen LogP contribution is -2.30. The third kappa shape index (κ3) is 5.02. The van der Waals surface area contributed by atoms with E-state index in [1.54, 1.807) is 24.3 Å². The lowest BCUT2D eigenvalue weighted by molar-refractivity contribution is -0.150. The van der Waals surface area contributed by atoms with E-state index < -0.39 is 25.3 Å². The molecule has 2 N–H and O–H groups in total. The second-order valence-electron chi connectivity index (χ2n) is 4.47. The SMILES string of the molecule is CCC(N)C(OCCC(F)(F)F)c1ccccc1OC. The highest BCUT2D eigenvalue weighted by molar-refractivity contribution is 5.35. The highest BCUT2D eigenvalue weighted by Gasteiger charge is 2.29. The topological polar surface area (TPSA) is 44.5 Å². The zero-order chi connectivity index (χ0) is 15.2. The Morgan fingerprint density at radius 3 is 2.45 bits per heavy atom. The molecular weight excluding hydrogens is 271 g/mol. The summed E-state index contributed by atoms with van der Waals surface area (Å²) in [7, 11) is 1.50. The number of nitrogens with two attached hydrogens (primary N) is 1. The number of rotatable bonds is 7. The highest BCUT2D eigenvalue weighted by Crippen LogP contribution is 2.31. The maximum atomic E-state index is 12.2. The number of hydrogen-bond acceptors (Lipinski definition) is 3. The number of halogens is 3. The molecule has 0 radical (unpaired) electrons. The molecule has 1 aromatic carbocycles. The number of benzene rings is 1. The van der Waals surface area contributed by atoms with Gasteiger partial charge in [0.2, 0.25) is 0 Å². The van der Waals surface area contributed by atoms with Gasteiger partial charge in [0, 0.05) is 11.6 Å². The quantitative estimate of drug-likeness (QED) is 0.837. The largest absolute Gasteiger partial charge is 0.496 e. The molecule has 1 aromatic rings. The molecule has 0 saturated carbocycles. The second kappa shape index (κ2) is 7.50. The molecule has 114 valence electrons. The molecular formula is C14H20F3NO2. The van der Waals surface area contributed by atoms with Crippen molar-refractivity contribution >= 4 is 0 Å². The van der Waals surface area contributed by atoms with Gasteiger partial charge in [0.25, 0.3) is 0 Å². The normalized spacial score (nSPS) is 14.9. The fraction of sp³-hybridized carbons (Fsp3) is 0.571. The Hall–Kier alpha value is -1.27. The summed E-state index contributed by atoms with van der Waals surface area (Å²) in [4.78, 5) is 0. The molecule has 0 saturated heterocycles. The van der Waals surface area contributed by atoms with Crippen molar-refractivity contribution in [3.05, 3.63) is 29.8 Å². The van der Waals surface area contributed by atoms with E-state index in [9.17, 15) is 13.2 Å². The molecule has 0 bridgehead atoms. The molecule has 0 heterocycles. The van der Waals surface area contributed by atoms with Gasteiger partial charge in [-0.15, -0.1) is 0 Å². The summed E-state index contributed by atoms with van der Waals surface area (Å²) in [5, 5.41) is 0. The Kier molecular flexibility index (Phi) is 6.29. The Bertz CT molecular complexity index is 410. The molecule has 0 amide bonds. The maximum absolute atomic E-state index is 12.2. The minimum absolute atomic E-state index is 0.389. The molecule has 0 fully saturated rings. The lowest BCUT2D eigenvalue weighted by Gasteiger charge is -2.25. The van der Waals surface area contributed by atoms with Crippen LogP contribution in [-0.4, -0.2) is 25.9 Å². The third-order valence-electron chi connectivity index (χ3n) is 2.99. The van der Waals surface area contributed by atoms with Gasteiger partial charge in [-0.25, -0.2) is 0 Å². The van der Waals surface area contributed by atoms with Crippen LogP contribution in [-0.2, 0) is 4.74 Å². The Balaban J connectivity index is 2.84. The van der Waals surface area contributed by atoms with Gasteiger partial charge < -0.3 is 15.2 Å². The van der Waals surface area contributed by atoms with Crippen LogP contribution in [0.4, 0.5) is 13.2 Å². The van der Waals surface area contributed by atoms with Gasteiger partial charge in [0.15, 0.2) is 0 Å². The van der Waals surface area contributed by atoms with Crippen molar-refractivity contribution in [1.82, 2.24) is 0 Å². The minimum Gasteiger partial charge on any atom is -0.496 e. The van der Waals surface area contributed by atoms with Crippen LogP contribution in [0.5, 0.6) is 5.75 Å². The number of hydrogen-bond donors (Lipinski definition) is 1. The fourth-order valence-corrected chi connectivity index (χ4v) is 1.86. The van der Waals surface area contributed by atoms with Gasteiger partial charge >= 0.3 is 6.18 Å². The summed E-state index contributed by atoms with van der Waals surface area (Å²) < 4.78 is 47.2. The summed E-state index contributed by atoms with van der Waals surface area (Å²) in [5.41, 5.74) is 6.63. The van der Waals surface area contributed by atoms with E-state index in [1.807, 2.05) is 6.92 Å². The first-order valence-electron chi connectivity index (χ1n) is 6.46. The van der Waals surface area contributed by atoms with E-state index in [-0.39, 0.29) is 6.04 Å². The van der Waals surface area contributed by atoms with E-state index in [4.69, 9.17) is 15.2 Å². The van der Waals surface area contributed by atoms with Crippen molar-refractivity contribution < 1.29 is 22.6 Å². The van der Waals surface area contributed by atoms with Crippen LogP contribution in [0.1, 0.15) is 31.4 Å². The Morgan fingerprint density at radius 1 is 1.25 bits per heavy atom. The van der Waals surface area contributed by atoms with Gasteiger partial charge in [-0.1, -0.05) is 25.1 Å². The Labute approximate surface area is 116 Å². The predicted octanol–water partition coefficient (Wildman–Crippen LogP) is 3.44. The van der Waals surface area contributed by atoms with Crippen molar-refractivity contribution in [3.8, 4) is 5.75 Å². The van der Waals surface area contributed by atoms with Crippen LogP contribution < -0.4 is 10.5 Å². The van der Waals surface area contributed by atoms with E-state index in [1.165, 1.54) is 7.11 Å². The van der Waals surface area contributed by atoms with Gasteiger partial charge in [0.05, 0.1) is 20.1 Å². The monoisotopic (exact) mass is 291 g/mol. The first-order valence-corrected chi connectivity index (χ1v) is 6.46. The molecule has 0 aromatic heterocycles. The van der Waals surface area contributed by atoms with Crippen molar-refractivity contribution in [1.29, 1.82) is 0 Å². The molecule has 2 atom stereocenters. The van der Waals surface area contributed by atoms with E-state index in [2.05, 4.69) is 0 Å². The summed E-state index contributed by atoms with van der Waals surface area (Å²) in [5.74, 6) is 0.563. The van der Waals surface area contributed by atoms with Gasteiger partial charge in [-0.05, 0) is 12.5 Å². The Morgan fingerprint density at radius 2 is 1.90 bits per heavy atom. The molecule has 2 unspecified atom stereocenters. The highest BCUT2D eigenvalue weighted by atomic mass is 19.4. The average Bonchev–Trinajstić information content (AvgIpc) is 2.41. The third-order valence-corrected chi connectivity index (χ3v) is 2.99. The smallest absolute Gasteiger partial charge is 0.391 e. The van der Waals surface area contributed by atoms with Crippen molar-refractivity contribution in [2.75, 3.05) is 13.7 Å². The molecule has 0 aliphatic rings.